The summed E-state index contributed by atoms with van der Waals surface area (Å²) in [6, 6.07) is 15.4. The zero-order valence-corrected chi connectivity index (χ0v) is 11.0. The summed E-state index contributed by atoms with van der Waals surface area (Å²) in [4.78, 5) is 4.52. The molecule has 0 bridgehead atoms. The van der Waals surface area contributed by atoms with Crippen LogP contribution in [0.3, 0.4) is 0 Å². The van der Waals surface area contributed by atoms with E-state index in [2.05, 4.69) is 4.99 Å². The van der Waals surface area contributed by atoms with Crippen LogP contribution >= 0.6 is 0 Å². The fourth-order valence-corrected chi connectivity index (χ4v) is 2.11. The summed E-state index contributed by atoms with van der Waals surface area (Å²) in [5.41, 5.74) is 9.29. The van der Waals surface area contributed by atoms with Gasteiger partial charge in [-0.05, 0) is 12.1 Å². The van der Waals surface area contributed by atoms with E-state index in [4.69, 9.17) is 15.2 Å². The number of rotatable bonds is 3. The van der Waals surface area contributed by atoms with E-state index in [1.165, 1.54) is 0 Å². The average molecular weight is 268 g/mol. The first-order valence-corrected chi connectivity index (χ1v) is 6.55. The molecule has 4 nitrogen and oxygen atoms in total. The van der Waals surface area contributed by atoms with Gasteiger partial charge in [-0.15, -0.1) is 0 Å². The quantitative estimate of drug-likeness (QED) is 0.687. The van der Waals surface area contributed by atoms with Gasteiger partial charge in [-0.25, -0.2) is 0 Å². The fraction of sp³-hybridized carbons (Fsp3) is 0.188. The highest BCUT2D eigenvalue weighted by Crippen LogP contribution is 2.31. The van der Waals surface area contributed by atoms with Gasteiger partial charge >= 0.3 is 0 Å². The average Bonchev–Trinajstić information content (AvgIpc) is 3.01. The molecular formula is C16H16N2O2. The molecule has 0 spiro atoms. The molecule has 0 atom stereocenters. The summed E-state index contributed by atoms with van der Waals surface area (Å²) < 4.78 is 11.1. The summed E-state index contributed by atoms with van der Waals surface area (Å²) in [5, 5.41) is 0. The lowest BCUT2D eigenvalue weighted by Gasteiger charge is -2.11. The van der Waals surface area contributed by atoms with Crippen LogP contribution in [-0.4, -0.2) is 19.4 Å². The van der Waals surface area contributed by atoms with E-state index >= 15 is 0 Å². The van der Waals surface area contributed by atoms with Crippen molar-refractivity contribution in [3.05, 3.63) is 59.7 Å². The molecule has 1 saturated heterocycles. The van der Waals surface area contributed by atoms with Crippen LogP contribution in [0.4, 0.5) is 11.4 Å². The maximum atomic E-state index is 5.90. The Labute approximate surface area is 117 Å². The maximum absolute atomic E-state index is 5.90. The second-order valence-electron chi connectivity index (χ2n) is 4.52. The molecule has 102 valence electrons. The molecule has 0 unspecified atom stereocenters. The highest BCUT2D eigenvalue weighted by molar-refractivity contribution is 5.88. The molecule has 0 saturated carbocycles. The Morgan fingerprint density at radius 2 is 1.70 bits per heavy atom. The first-order valence-electron chi connectivity index (χ1n) is 6.55. The van der Waals surface area contributed by atoms with Crippen molar-refractivity contribution >= 4 is 17.6 Å². The van der Waals surface area contributed by atoms with Crippen molar-refractivity contribution in [2.75, 3.05) is 18.9 Å². The Balaban J connectivity index is 1.89. The molecule has 1 fully saturated rings. The largest absolute Gasteiger partial charge is 0.398 e. The van der Waals surface area contributed by atoms with Crippen molar-refractivity contribution in [3.63, 3.8) is 0 Å². The van der Waals surface area contributed by atoms with E-state index in [-0.39, 0.29) is 6.29 Å². The zero-order chi connectivity index (χ0) is 13.8. The number of hydrogen-bond acceptors (Lipinski definition) is 4. The summed E-state index contributed by atoms with van der Waals surface area (Å²) in [6.45, 7) is 1.24. The third-order valence-electron chi connectivity index (χ3n) is 3.15. The van der Waals surface area contributed by atoms with Crippen molar-refractivity contribution in [2.45, 2.75) is 6.29 Å². The first-order chi connectivity index (χ1) is 9.84. The lowest BCUT2D eigenvalue weighted by atomic mass is 10.1. The Bertz CT molecular complexity index is 619. The Kier molecular flexibility index (Phi) is 3.76. The number of para-hydroxylation sites is 2. The van der Waals surface area contributed by atoms with Crippen LogP contribution in [-0.2, 0) is 9.47 Å². The normalized spacial score (nSPS) is 16.0. The van der Waals surface area contributed by atoms with Crippen LogP contribution in [0.1, 0.15) is 17.4 Å². The molecule has 1 aliphatic heterocycles. The van der Waals surface area contributed by atoms with Gasteiger partial charge in [0, 0.05) is 23.0 Å². The number of nitrogens with two attached hydrogens (primary N) is 1. The second kappa shape index (κ2) is 5.86. The van der Waals surface area contributed by atoms with E-state index in [1.807, 2.05) is 48.5 Å². The minimum atomic E-state index is -0.323. The lowest BCUT2D eigenvalue weighted by Crippen LogP contribution is -1.98. The van der Waals surface area contributed by atoms with E-state index in [1.54, 1.807) is 6.21 Å². The van der Waals surface area contributed by atoms with Crippen LogP contribution in [0.15, 0.2) is 53.5 Å². The number of benzene rings is 2. The number of nitrogen functional groups attached to an aromatic ring is 1. The van der Waals surface area contributed by atoms with Crippen molar-refractivity contribution in [1.29, 1.82) is 0 Å². The van der Waals surface area contributed by atoms with Crippen LogP contribution in [0, 0.1) is 0 Å². The van der Waals surface area contributed by atoms with Gasteiger partial charge in [-0.1, -0.05) is 36.4 Å². The molecule has 2 aromatic rings. The predicted molar refractivity (Wildman–Crippen MR) is 79.2 cm³/mol. The Morgan fingerprint density at radius 1 is 1.00 bits per heavy atom. The SMILES string of the molecule is Nc1ccccc1C=Nc1ccccc1C1OCCO1. The van der Waals surface area contributed by atoms with Crippen LogP contribution < -0.4 is 5.73 Å². The minimum Gasteiger partial charge on any atom is -0.398 e. The number of ether oxygens (including phenoxy) is 2. The highest BCUT2D eigenvalue weighted by Gasteiger charge is 2.20. The Morgan fingerprint density at radius 3 is 2.50 bits per heavy atom. The monoisotopic (exact) mass is 268 g/mol. The molecule has 4 heteroatoms. The van der Waals surface area contributed by atoms with Gasteiger partial charge in [0.2, 0.25) is 0 Å². The Hall–Kier alpha value is -2.17. The predicted octanol–water partition coefficient (Wildman–Crippen LogP) is 3.06. The van der Waals surface area contributed by atoms with Crippen molar-refractivity contribution in [2.24, 2.45) is 4.99 Å². The smallest absolute Gasteiger partial charge is 0.186 e. The lowest BCUT2D eigenvalue weighted by molar-refractivity contribution is -0.0436. The van der Waals surface area contributed by atoms with Crippen LogP contribution in [0.25, 0.3) is 0 Å². The van der Waals surface area contributed by atoms with E-state index in [9.17, 15) is 0 Å². The molecule has 0 amide bonds. The number of anilines is 1. The second-order valence-corrected chi connectivity index (χ2v) is 4.52. The van der Waals surface area contributed by atoms with E-state index in [0.29, 0.717) is 18.9 Å². The molecule has 0 aromatic heterocycles. The van der Waals surface area contributed by atoms with Gasteiger partial charge in [0.15, 0.2) is 6.29 Å². The van der Waals surface area contributed by atoms with Gasteiger partial charge < -0.3 is 15.2 Å². The third kappa shape index (κ3) is 2.71. The topological polar surface area (TPSA) is 56.8 Å². The number of nitrogens with zero attached hydrogens (tertiary/aromatic N) is 1. The van der Waals surface area contributed by atoms with Crippen LogP contribution in [0.2, 0.25) is 0 Å². The molecule has 2 N–H and O–H groups in total. The molecule has 20 heavy (non-hydrogen) atoms. The minimum absolute atomic E-state index is 0.323. The highest BCUT2D eigenvalue weighted by atomic mass is 16.7. The first kappa shape index (κ1) is 12.8. The fourth-order valence-electron chi connectivity index (χ4n) is 2.11. The van der Waals surface area contributed by atoms with E-state index in [0.717, 1.165) is 16.8 Å². The van der Waals surface area contributed by atoms with Gasteiger partial charge in [-0.3, -0.25) is 4.99 Å². The van der Waals surface area contributed by atoms with Crippen LogP contribution in [0.5, 0.6) is 0 Å². The molecule has 2 aromatic carbocycles. The van der Waals surface area contributed by atoms with E-state index < -0.39 is 0 Å². The van der Waals surface area contributed by atoms with Gasteiger partial charge in [0.05, 0.1) is 18.9 Å². The molecular weight excluding hydrogens is 252 g/mol. The van der Waals surface area contributed by atoms with Crippen molar-refractivity contribution < 1.29 is 9.47 Å². The molecule has 0 aliphatic carbocycles. The van der Waals surface area contributed by atoms with Gasteiger partial charge in [0.1, 0.15) is 0 Å². The van der Waals surface area contributed by atoms with Crippen molar-refractivity contribution in [1.82, 2.24) is 0 Å². The third-order valence-corrected chi connectivity index (χ3v) is 3.15. The number of aliphatic imine (C=N–C) groups is 1. The van der Waals surface area contributed by atoms with Gasteiger partial charge in [0.25, 0.3) is 0 Å². The molecule has 1 aliphatic rings. The molecule has 1 heterocycles. The summed E-state index contributed by atoms with van der Waals surface area (Å²) >= 11 is 0. The molecule has 0 radical (unpaired) electrons. The summed E-state index contributed by atoms with van der Waals surface area (Å²) in [7, 11) is 0. The van der Waals surface area contributed by atoms with Gasteiger partial charge in [-0.2, -0.15) is 0 Å². The summed E-state index contributed by atoms with van der Waals surface area (Å²) in [5.74, 6) is 0. The standard InChI is InChI=1S/C16H16N2O2/c17-14-7-3-1-5-12(14)11-18-15-8-4-2-6-13(15)16-19-9-10-20-16/h1-8,11,16H,9-10,17H2. The van der Waals surface area contributed by atoms with Crippen molar-refractivity contribution in [3.8, 4) is 0 Å². The molecule has 3 rings (SSSR count). The maximum Gasteiger partial charge on any atom is 0.186 e. The number of hydrogen-bond donors (Lipinski definition) is 1. The summed E-state index contributed by atoms with van der Waals surface area (Å²) in [6.07, 6.45) is 1.44. The zero-order valence-electron chi connectivity index (χ0n) is 11.0.